The largest absolute Gasteiger partial charge is 0.277 e. The van der Waals surface area contributed by atoms with Crippen LogP contribution in [0.3, 0.4) is 0 Å². The van der Waals surface area contributed by atoms with Crippen molar-refractivity contribution in [1.82, 2.24) is 4.98 Å². The third kappa shape index (κ3) is 4.09. The molecule has 24 heavy (non-hydrogen) atoms. The Morgan fingerprint density at radius 3 is 2.29 bits per heavy atom. The van der Waals surface area contributed by atoms with Gasteiger partial charge in [0.2, 0.25) is 0 Å². The molecule has 0 fully saturated rings. The number of nitriles is 1. The van der Waals surface area contributed by atoms with Gasteiger partial charge in [0.1, 0.15) is 6.07 Å². The molecule has 0 spiro atoms. The highest BCUT2D eigenvalue weighted by Gasteiger charge is 2.10. The topological polar surface area (TPSA) is 61.1 Å². The molecular weight excluding hydrogens is 452 g/mol. The van der Waals surface area contributed by atoms with Crippen molar-refractivity contribution in [3.05, 3.63) is 67.9 Å². The van der Waals surface area contributed by atoms with E-state index in [4.69, 9.17) is 0 Å². The number of anilines is 1. The van der Waals surface area contributed by atoms with Crippen LogP contribution in [0.4, 0.5) is 5.69 Å². The molecule has 118 valence electrons. The first kappa shape index (κ1) is 16.8. The minimum Gasteiger partial charge on any atom is -0.277 e. The van der Waals surface area contributed by atoms with E-state index in [9.17, 15) is 5.26 Å². The molecule has 3 rings (SSSR count). The van der Waals surface area contributed by atoms with Gasteiger partial charge in [-0.25, -0.2) is 4.98 Å². The third-order valence-electron chi connectivity index (χ3n) is 3.09. The van der Waals surface area contributed by atoms with E-state index in [1.807, 2.05) is 53.9 Å². The molecule has 1 aromatic heterocycles. The normalized spacial score (nSPS) is 11.1. The Kier molecular flexibility index (Phi) is 5.41. The maximum absolute atomic E-state index is 9.35. The summed E-state index contributed by atoms with van der Waals surface area (Å²) in [4.78, 5) is 4.51. The van der Waals surface area contributed by atoms with Crippen LogP contribution in [0.25, 0.3) is 11.3 Å². The SMILES string of the molecule is N#C/C(=N/Nc1ccc(Br)cc1)c1nc(-c2ccc(Br)cc2)cs1. The van der Waals surface area contributed by atoms with Crippen molar-refractivity contribution >= 4 is 54.6 Å². The van der Waals surface area contributed by atoms with E-state index in [1.165, 1.54) is 11.3 Å². The predicted octanol–water partition coefficient (Wildman–Crippen LogP) is 5.67. The Hall–Kier alpha value is -2.01. The molecule has 3 aromatic rings. The van der Waals surface area contributed by atoms with Gasteiger partial charge in [0.05, 0.1) is 11.4 Å². The molecule has 7 heteroatoms. The summed E-state index contributed by atoms with van der Waals surface area (Å²) in [5.41, 5.74) is 5.77. The van der Waals surface area contributed by atoms with Crippen LogP contribution in [0.1, 0.15) is 5.01 Å². The minimum absolute atomic E-state index is 0.256. The Bertz CT molecular complexity index is 909. The number of aromatic nitrogens is 1. The smallest absolute Gasteiger partial charge is 0.196 e. The second kappa shape index (κ2) is 7.71. The van der Waals surface area contributed by atoms with Crippen molar-refractivity contribution in [3.8, 4) is 17.3 Å². The Balaban J connectivity index is 1.81. The fourth-order valence-electron chi connectivity index (χ4n) is 1.90. The van der Waals surface area contributed by atoms with Crippen molar-refractivity contribution < 1.29 is 0 Å². The van der Waals surface area contributed by atoms with E-state index in [0.717, 1.165) is 25.9 Å². The van der Waals surface area contributed by atoms with Gasteiger partial charge in [-0.2, -0.15) is 10.4 Å². The number of rotatable bonds is 4. The maximum Gasteiger partial charge on any atom is 0.196 e. The van der Waals surface area contributed by atoms with Crippen LogP contribution in [0.5, 0.6) is 0 Å². The highest BCUT2D eigenvalue weighted by atomic mass is 79.9. The molecule has 0 aliphatic heterocycles. The summed E-state index contributed by atoms with van der Waals surface area (Å²) in [5.74, 6) is 0. The zero-order valence-electron chi connectivity index (χ0n) is 12.2. The van der Waals surface area contributed by atoms with Gasteiger partial charge in [-0.1, -0.05) is 44.0 Å². The van der Waals surface area contributed by atoms with Crippen LogP contribution >= 0.6 is 43.2 Å². The van der Waals surface area contributed by atoms with Gasteiger partial charge in [0.15, 0.2) is 10.7 Å². The van der Waals surface area contributed by atoms with Crippen molar-refractivity contribution in [3.63, 3.8) is 0 Å². The monoisotopic (exact) mass is 460 g/mol. The minimum atomic E-state index is 0.256. The van der Waals surface area contributed by atoms with E-state index in [2.05, 4.69) is 53.4 Å². The first-order valence-electron chi connectivity index (χ1n) is 6.87. The molecule has 0 unspecified atom stereocenters. The van der Waals surface area contributed by atoms with Crippen LogP contribution in [0.2, 0.25) is 0 Å². The first-order valence-corrected chi connectivity index (χ1v) is 9.33. The summed E-state index contributed by atoms with van der Waals surface area (Å²) < 4.78 is 2.00. The molecule has 4 nitrogen and oxygen atoms in total. The highest BCUT2D eigenvalue weighted by Crippen LogP contribution is 2.24. The zero-order chi connectivity index (χ0) is 16.9. The molecule has 0 atom stereocenters. The number of halogens is 2. The molecule has 0 aliphatic rings. The molecule has 0 radical (unpaired) electrons. The Morgan fingerprint density at radius 1 is 1.04 bits per heavy atom. The van der Waals surface area contributed by atoms with E-state index >= 15 is 0 Å². The lowest BCUT2D eigenvalue weighted by molar-refractivity contribution is 1.31. The van der Waals surface area contributed by atoms with Crippen molar-refractivity contribution in [2.45, 2.75) is 0 Å². The summed E-state index contributed by atoms with van der Waals surface area (Å²) >= 11 is 8.19. The fraction of sp³-hybridized carbons (Fsp3) is 0. The van der Waals surface area contributed by atoms with Crippen molar-refractivity contribution in [2.75, 3.05) is 5.43 Å². The predicted molar refractivity (Wildman–Crippen MR) is 105 cm³/mol. The quantitative estimate of drug-likeness (QED) is 0.401. The highest BCUT2D eigenvalue weighted by molar-refractivity contribution is 9.10. The van der Waals surface area contributed by atoms with E-state index in [0.29, 0.717) is 5.01 Å². The molecule has 0 saturated carbocycles. The summed E-state index contributed by atoms with van der Waals surface area (Å²) in [5, 5.41) is 16.0. The molecule has 0 aliphatic carbocycles. The van der Waals surface area contributed by atoms with Crippen LogP contribution in [-0.4, -0.2) is 10.7 Å². The molecule has 0 amide bonds. The van der Waals surface area contributed by atoms with Gasteiger partial charge < -0.3 is 0 Å². The summed E-state index contributed by atoms with van der Waals surface area (Å²) in [6, 6.07) is 17.5. The standard InChI is InChI=1S/C17H10Br2N4S/c18-12-3-1-11(2-4-12)16-10-24-17(21-16)15(9-20)23-22-14-7-5-13(19)6-8-14/h1-8,10,22H/b23-15-. The van der Waals surface area contributed by atoms with Crippen LogP contribution < -0.4 is 5.43 Å². The number of thiazole rings is 1. The fourth-order valence-corrected chi connectivity index (χ4v) is 3.20. The average Bonchev–Trinajstić information content (AvgIpc) is 3.08. The number of benzene rings is 2. The second-order valence-corrected chi connectivity index (χ2v) is 7.43. The Morgan fingerprint density at radius 2 is 1.67 bits per heavy atom. The van der Waals surface area contributed by atoms with Crippen LogP contribution in [0.15, 0.2) is 68.0 Å². The summed E-state index contributed by atoms with van der Waals surface area (Å²) in [6.45, 7) is 0. The summed E-state index contributed by atoms with van der Waals surface area (Å²) in [7, 11) is 0. The van der Waals surface area contributed by atoms with Gasteiger partial charge in [0, 0.05) is 19.9 Å². The number of hydrogen-bond acceptors (Lipinski definition) is 5. The lowest BCUT2D eigenvalue weighted by Crippen LogP contribution is -2.01. The zero-order valence-corrected chi connectivity index (χ0v) is 16.2. The van der Waals surface area contributed by atoms with Gasteiger partial charge in [-0.05, 0) is 36.4 Å². The number of nitrogens with one attached hydrogen (secondary N) is 1. The average molecular weight is 462 g/mol. The second-order valence-electron chi connectivity index (χ2n) is 4.74. The van der Waals surface area contributed by atoms with Crippen LogP contribution in [0, 0.1) is 11.3 Å². The third-order valence-corrected chi connectivity index (χ3v) is 5.00. The molecule has 0 bridgehead atoms. The maximum atomic E-state index is 9.35. The molecule has 0 saturated heterocycles. The van der Waals surface area contributed by atoms with Crippen molar-refractivity contribution in [2.24, 2.45) is 5.10 Å². The molecule has 1 heterocycles. The lowest BCUT2D eigenvalue weighted by atomic mass is 10.2. The van der Waals surface area contributed by atoms with E-state index in [1.54, 1.807) is 0 Å². The van der Waals surface area contributed by atoms with E-state index in [-0.39, 0.29) is 5.71 Å². The van der Waals surface area contributed by atoms with Gasteiger partial charge >= 0.3 is 0 Å². The lowest BCUT2D eigenvalue weighted by Gasteiger charge is -2.00. The van der Waals surface area contributed by atoms with Gasteiger partial charge in [-0.3, -0.25) is 5.43 Å². The van der Waals surface area contributed by atoms with Crippen LogP contribution in [-0.2, 0) is 0 Å². The molecular formula is C17H10Br2N4S. The van der Waals surface area contributed by atoms with Gasteiger partial charge in [-0.15, -0.1) is 11.3 Å². The number of hydrazone groups is 1. The van der Waals surface area contributed by atoms with Gasteiger partial charge in [0.25, 0.3) is 0 Å². The first-order chi connectivity index (χ1) is 11.7. The molecule has 2 aromatic carbocycles. The van der Waals surface area contributed by atoms with E-state index < -0.39 is 0 Å². The summed E-state index contributed by atoms with van der Waals surface area (Å²) in [6.07, 6.45) is 0. The number of hydrogen-bond donors (Lipinski definition) is 1. The van der Waals surface area contributed by atoms with Crippen molar-refractivity contribution in [1.29, 1.82) is 5.26 Å². The molecule has 1 N–H and O–H groups in total. The Labute approximate surface area is 160 Å². The number of nitrogens with zero attached hydrogens (tertiary/aromatic N) is 3.